The molecule has 0 aliphatic heterocycles. The molecule has 0 fully saturated rings. The van der Waals surface area contributed by atoms with Crippen molar-refractivity contribution < 1.29 is 29.0 Å². The number of carbonyl (C=O) groups is 2. The summed E-state index contributed by atoms with van der Waals surface area (Å²) in [6.45, 7) is 0.429. The van der Waals surface area contributed by atoms with Crippen LogP contribution in [0.5, 0.6) is 5.75 Å². The normalized spacial score (nSPS) is 11.9. The Labute approximate surface area is 222 Å². The Morgan fingerprint density at radius 3 is 2.29 bits per heavy atom. The number of hydrogen-bond donors (Lipinski definition) is 3. The fourth-order valence-electron chi connectivity index (χ4n) is 3.81. The highest BCUT2D eigenvalue weighted by Crippen LogP contribution is 2.16. The van der Waals surface area contributed by atoms with Gasteiger partial charge in [-0.1, -0.05) is 60.4 Å². The molecule has 0 aliphatic rings. The van der Waals surface area contributed by atoms with E-state index in [4.69, 9.17) is 14.2 Å². The Bertz CT molecular complexity index is 1190. The average molecular weight is 517 g/mol. The minimum absolute atomic E-state index is 0.0449. The summed E-state index contributed by atoms with van der Waals surface area (Å²) in [7, 11) is 1.50. The van der Waals surface area contributed by atoms with Crippen molar-refractivity contribution in [1.82, 2.24) is 10.8 Å². The molecule has 0 aliphatic carbocycles. The third-order valence-electron chi connectivity index (χ3n) is 5.66. The van der Waals surface area contributed by atoms with Gasteiger partial charge in [-0.15, -0.1) is 0 Å². The van der Waals surface area contributed by atoms with E-state index in [-0.39, 0.29) is 32.3 Å². The zero-order chi connectivity index (χ0) is 27.0. The van der Waals surface area contributed by atoms with Gasteiger partial charge in [-0.2, -0.15) is 0 Å². The zero-order valence-corrected chi connectivity index (χ0v) is 21.3. The first-order chi connectivity index (χ1) is 18.6. The second-order valence-corrected chi connectivity index (χ2v) is 8.53. The van der Waals surface area contributed by atoms with Crippen molar-refractivity contribution in [2.75, 3.05) is 27.1 Å². The lowest BCUT2D eigenvalue weighted by atomic mass is 9.92. The lowest BCUT2D eigenvalue weighted by Gasteiger charge is -2.23. The quantitative estimate of drug-likeness (QED) is 0.105. The van der Waals surface area contributed by atoms with E-state index in [1.165, 1.54) is 7.11 Å². The van der Waals surface area contributed by atoms with Gasteiger partial charge in [0.15, 0.2) is 0 Å². The molecule has 0 bridgehead atoms. The third kappa shape index (κ3) is 9.71. The average Bonchev–Trinajstić information content (AvgIpc) is 2.96. The van der Waals surface area contributed by atoms with Crippen molar-refractivity contribution >= 4 is 11.8 Å². The summed E-state index contributed by atoms with van der Waals surface area (Å²) >= 11 is 0. The van der Waals surface area contributed by atoms with Crippen LogP contribution in [0.15, 0.2) is 84.9 Å². The number of carbonyl (C=O) groups excluding carboxylic acids is 2. The van der Waals surface area contributed by atoms with E-state index < -0.39 is 17.9 Å². The molecule has 3 N–H and O–H groups in total. The number of hydroxylamine groups is 1. The highest BCUT2D eigenvalue weighted by atomic mass is 16.7. The predicted octanol–water partition coefficient (Wildman–Crippen LogP) is 3.59. The van der Waals surface area contributed by atoms with Crippen molar-refractivity contribution in [3.05, 3.63) is 102 Å². The fraction of sp³-hybridized carbons (Fsp3) is 0.267. The molecule has 0 saturated carbocycles. The maximum absolute atomic E-state index is 13.0. The van der Waals surface area contributed by atoms with Gasteiger partial charge in [0.05, 0.1) is 12.6 Å². The Morgan fingerprint density at radius 1 is 0.947 bits per heavy atom. The van der Waals surface area contributed by atoms with Crippen molar-refractivity contribution in [2.45, 2.75) is 18.9 Å². The second kappa shape index (κ2) is 15.8. The number of amides is 2. The van der Waals surface area contributed by atoms with Gasteiger partial charge >= 0.3 is 0 Å². The molecule has 2 unspecified atom stereocenters. The molecule has 0 spiro atoms. The Morgan fingerprint density at radius 2 is 1.63 bits per heavy atom. The van der Waals surface area contributed by atoms with Crippen LogP contribution < -0.4 is 15.5 Å². The number of benzene rings is 3. The van der Waals surface area contributed by atoms with Gasteiger partial charge in [0.25, 0.3) is 5.91 Å². The van der Waals surface area contributed by atoms with E-state index in [9.17, 15) is 14.8 Å². The van der Waals surface area contributed by atoms with E-state index in [1.807, 2.05) is 60.7 Å². The molecule has 0 heterocycles. The van der Waals surface area contributed by atoms with Gasteiger partial charge < -0.3 is 19.5 Å². The summed E-state index contributed by atoms with van der Waals surface area (Å²) < 4.78 is 16.0. The van der Waals surface area contributed by atoms with Crippen LogP contribution in [-0.4, -0.2) is 50.2 Å². The lowest BCUT2D eigenvalue weighted by Crippen LogP contribution is -2.42. The lowest BCUT2D eigenvalue weighted by molar-refractivity contribution is -0.134. The van der Waals surface area contributed by atoms with E-state index in [2.05, 4.69) is 17.2 Å². The van der Waals surface area contributed by atoms with Gasteiger partial charge in [0.2, 0.25) is 5.91 Å². The topological polar surface area (TPSA) is 106 Å². The molecule has 2 atom stereocenters. The maximum atomic E-state index is 13.0. The molecule has 3 aromatic carbocycles. The van der Waals surface area contributed by atoms with Gasteiger partial charge in [0, 0.05) is 24.2 Å². The molecule has 0 saturated heterocycles. The van der Waals surface area contributed by atoms with Gasteiger partial charge in [-0.05, 0) is 54.8 Å². The molecule has 38 heavy (non-hydrogen) atoms. The van der Waals surface area contributed by atoms with E-state index in [0.29, 0.717) is 12.0 Å². The van der Waals surface area contributed by atoms with Crippen molar-refractivity contribution in [3.8, 4) is 17.6 Å². The van der Waals surface area contributed by atoms with Crippen molar-refractivity contribution in [2.24, 2.45) is 5.92 Å². The van der Waals surface area contributed by atoms with E-state index in [1.54, 1.807) is 29.7 Å². The van der Waals surface area contributed by atoms with Crippen LogP contribution in [0.25, 0.3) is 0 Å². The summed E-state index contributed by atoms with van der Waals surface area (Å²) in [5.74, 6) is 5.29. The number of para-hydroxylation sites is 1. The molecule has 0 aromatic heterocycles. The monoisotopic (exact) mass is 516 g/mol. The minimum Gasteiger partial charge on any atom is -0.481 e. The molecule has 8 nitrogen and oxygen atoms in total. The number of nitrogens with one attached hydrogen (secondary N) is 2. The maximum Gasteiger partial charge on any atom is 0.251 e. The SMILES string of the molecule is COCOCC(CC(Cc1ccccc1)C(=O)NO)NC(=O)c1ccc(C#CCOc2ccccc2)cc1. The smallest absolute Gasteiger partial charge is 0.251 e. The number of methoxy groups -OCH3 is 1. The molecular formula is C30H32N2O6. The first kappa shape index (κ1) is 28.4. The van der Waals surface area contributed by atoms with Crippen LogP contribution >= 0.6 is 0 Å². The predicted molar refractivity (Wildman–Crippen MR) is 143 cm³/mol. The molecular weight excluding hydrogens is 484 g/mol. The Kier molecular flexibility index (Phi) is 11.8. The largest absolute Gasteiger partial charge is 0.481 e. The first-order valence-corrected chi connectivity index (χ1v) is 12.2. The molecule has 8 heteroatoms. The van der Waals surface area contributed by atoms with Crippen LogP contribution in [0, 0.1) is 17.8 Å². The highest BCUT2D eigenvalue weighted by molar-refractivity contribution is 5.94. The number of hydrogen-bond acceptors (Lipinski definition) is 6. The molecule has 3 aromatic rings. The van der Waals surface area contributed by atoms with E-state index in [0.717, 1.165) is 16.9 Å². The van der Waals surface area contributed by atoms with Crippen LogP contribution in [0.3, 0.4) is 0 Å². The molecule has 198 valence electrons. The molecule has 2 amide bonds. The fourth-order valence-corrected chi connectivity index (χ4v) is 3.81. The van der Waals surface area contributed by atoms with Gasteiger partial charge in [0.1, 0.15) is 19.1 Å². The van der Waals surface area contributed by atoms with E-state index >= 15 is 0 Å². The summed E-state index contributed by atoms with van der Waals surface area (Å²) in [6.07, 6.45) is 0.646. The van der Waals surface area contributed by atoms with Crippen molar-refractivity contribution in [3.63, 3.8) is 0 Å². The summed E-state index contributed by atoms with van der Waals surface area (Å²) in [5, 5.41) is 12.2. The third-order valence-corrected chi connectivity index (χ3v) is 5.66. The Balaban J connectivity index is 1.62. The number of rotatable bonds is 13. The zero-order valence-electron chi connectivity index (χ0n) is 21.3. The van der Waals surface area contributed by atoms with Gasteiger partial charge in [-0.3, -0.25) is 14.8 Å². The summed E-state index contributed by atoms with van der Waals surface area (Å²) in [4.78, 5) is 25.4. The van der Waals surface area contributed by atoms with Crippen LogP contribution in [0.1, 0.15) is 27.9 Å². The van der Waals surface area contributed by atoms with Gasteiger partial charge in [-0.25, -0.2) is 5.48 Å². The van der Waals surface area contributed by atoms with Crippen LogP contribution in [-0.2, 0) is 20.7 Å². The second-order valence-electron chi connectivity index (χ2n) is 8.53. The Hall–Kier alpha value is -4.16. The number of ether oxygens (including phenoxy) is 3. The van der Waals surface area contributed by atoms with Crippen LogP contribution in [0.2, 0.25) is 0 Å². The minimum atomic E-state index is -0.588. The molecule has 0 radical (unpaired) electrons. The molecule has 3 rings (SSSR count). The van der Waals surface area contributed by atoms with Crippen LogP contribution in [0.4, 0.5) is 0 Å². The standard InChI is InChI=1S/C30H32N2O6/c1-36-22-37-21-27(20-26(30(34)32-35)19-24-9-4-2-5-10-24)31-29(33)25-16-14-23(15-17-25)11-8-18-38-28-12-6-3-7-13-28/h2-7,9-10,12-17,26-27,35H,18-22H2,1H3,(H,31,33)(H,32,34). The highest BCUT2D eigenvalue weighted by Gasteiger charge is 2.25. The first-order valence-electron chi connectivity index (χ1n) is 12.2. The summed E-state index contributed by atoms with van der Waals surface area (Å²) in [6, 6.07) is 25.3. The van der Waals surface area contributed by atoms with Crippen molar-refractivity contribution in [1.29, 1.82) is 0 Å². The summed E-state index contributed by atoms with van der Waals surface area (Å²) in [5.41, 5.74) is 3.87.